The largest absolute Gasteiger partial charge is 0.497 e. The van der Waals surface area contributed by atoms with Crippen molar-refractivity contribution < 1.29 is 14.3 Å². The van der Waals surface area contributed by atoms with E-state index in [9.17, 15) is 9.59 Å². The highest BCUT2D eigenvalue weighted by Crippen LogP contribution is 2.13. The van der Waals surface area contributed by atoms with Gasteiger partial charge >= 0.3 is 6.03 Å². The predicted molar refractivity (Wildman–Crippen MR) is 119 cm³/mol. The van der Waals surface area contributed by atoms with Gasteiger partial charge in [-0.05, 0) is 47.5 Å². The number of rotatable bonds is 8. The summed E-state index contributed by atoms with van der Waals surface area (Å²) >= 11 is 0. The Morgan fingerprint density at radius 2 is 1.65 bits per heavy atom. The Labute approximate surface area is 180 Å². The average Bonchev–Trinajstić information content (AvgIpc) is 2.82. The van der Waals surface area contributed by atoms with Crippen LogP contribution in [0.1, 0.15) is 27.5 Å². The van der Waals surface area contributed by atoms with Gasteiger partial charge in [-0.25, -0.2) is 4.79 Å². The van der Waals surface area contributed by atoms with Gasteiger partial charge < -0.3 is 26.4 Å². The molecule has 0 aliphatic heterocycles. The van der Waals surface area contributed by atoms with Crippen molar-refractivity contribution in [2.45, 2.75) is 12.6 Å². The van der Waals surface area contributed by atoms with E-state index < -0.39 is 6.04 Å². The molecule has 0 saturated heterocycles. The zero-order valence-corrected chi connectivity index (χ0v) is 17.2. The number of anilines is 1. The quantitative estimate of drug-likeness (QED) is 0.448. The first-order chi connectivity index (χ1) is 15.0. The molecule has 1 atom stereocenters. The smallest absolute Gasteiger partial charge is 0.315 e. The molecule has 3 aromatic rings. The number of nitrogens with two attached hydrogens (primary N) is 1. The number of aromatic nitrogens is 1. The molecule has 3 amide bonds. The molecule has 8 nitrogen and oxygen atoms in total. The lowest BCUT2D eigenvalue weighted by molar-refractivity contribution is 0.102. The van der Waals surface area contributed by atoms with E-state index in [1.165, 1.54) is 0 Å². The summed E-state index contributed by atoms with van der Waals surface area (Å²) in [5.41, 5.74) is 9.13. The van der Waals surface area contributed by atoms with Crippen molar-refractivity contribution in [2.75, 3.05) is 19.0 Å². The molecule has 0 saturated carbocycles. The Kier molecular flexibility index (Phi) is 7.56. The van der Waals surface area contributed by atoms with Gasteiger partial charge in [0, 0.05) is 42.8 Å². The molecule has 160 valence electrons. The fourth-order valence-corrected chi connectivity index (χ4v) is 2.83. The number of nitrogens with zero attached hydrogens (tertiary/aromatic N) is 1. The minimum absolute atomic E-state index is 0.220. The number of carbonyl (C=O) groups excluding carboxylic acids is 2. The first-order valence-corrected chi connectivity index (χ1v) is 9.76. The van der Waals surface area contributed by atoms with Crippen molar-refractivity contribution in [1.29, 1.82) is 0 Å². The summed E-state index contributed by atoms with van der Waals surface area (Å²) in [6, 6.07) is 17.1. The van der Waals surface area contributed by atoms with Crippen molar-refractivity contribution in [1.82, 2.24) is 15.6 Å². The summed E-state index contributed by atoms with van der Waals surface area (Å²) in [5.74, 6) is 0.544. The number of ether oxygens (including phenoxy) is 1. The van der Waals surface area contributed by atoms with Gasteiger partial charge in [-0.2, -0.15) is 0 Å². The lowest BCUT2D eigenvalue weighted by Gasteiger charge is -2.14. The standard InChI is InChI=1S/C23H25N5O3/c1-31-20-8-2-16(3-9-20)14-26-23(30)27-15-21(24)17-4-6-18(7-5-17)22(29)28-19-10-12-25-13-11-19/h2-13,21H,14-15,24H2,1H3,(H,25,28,29)(H2,26,27,30). The van der Waals surface area contributed by atoms with Gasteiger partial charge in [0.15, 0.2) is 0 Å². The van der Waals surface area contributed by atoms with Crippen LogP contribution in [0.5, 0.6) is 5.75 Å². The van der Waals surface area contributed by atoms with Gasteiger partial charge in [-0.15, -0.1) is 0 Å². The van der Waals surface area contributed by atoms with Gasteiger partial charge in [0.2, 0.25) is 0 Å². The van der Waals surface area contributed by atoms with E-state index in [1.807, 2.05) is 24.3 Å². The number of carbonyl (C=O) groups is 2. The van der Waals surface area contributed by atoms with Crippen LogP contribution in [0.25, 0.3) is 0 Å². The van der Waals surface area contributed by atoms with Gasteiger partial charge in [-0.1, -0.05) is 24.3 Å². The lowest BCUT2D eigenvalue weighted by atomic mass is 10.1. The summed E-state index contributed by atoms with van der Waals surface area (Å²) in [6.07, 6.45) is 3.22. The van der Waals surface area contributed by atoms with Crippen molar-refractivity contribution in [3.05, 3.63) is 89.7 Å². The van der Waals surface area contributed by atoms with Crippen LogP contribution in [-0.2, 0) is 6.54 Å². The Morgan fingerprint density at radius 1 is 0.968 bits per heavy atom. The average molecular weight is 419 g/mol. The molecule has 31 heavy (non-hydrogen) atoms. The maximum Gasteiger partial charge on any atom is 0.315 e. The molecule has 1 heterocycles. The number of nitrogens with one attached hydrogen (secondary N) is 3. The number of benzene rings is 2. The molecule has 8 heteroatoms. The van der Waals surface area contributed by atoms with Gasteiger partial charge in [0.25, 0.3) is 5.91 Å². The van der Waals surface area contributed by atoms with E-state index in [0.717, 1.165) is 16.9 Å². The van der Waals surface area contributed by atoms with Crippen LogP contribution in [0.3, 0.4) is 0 Å². The third kappa shape index (κ3) is 6.55. The van der Waals surface area contributed by atoms with Crippen LogP contribution in [-0.4, -0.2) is 30.6 Å². The third-order valence-electron chi connectivity index (χ3n) is 4.63. The lowest BCUT2D eigenvalue weighted by Crippen LogP contribution is -2.39. The van der Waals surface area contributed by atoms with Gasteiger partial charge in [-0.3, -0.25) is 9.78 Å². The van der Waals surface area contributed by atoms with Crippen molar-refractivity contribution in [3.8, 4) is 5.75 Å². The second kappa shape index (κ2) is 10.7. The fraction of sp³-hybridized carbons (Fsp3) is 0.174. The van der Waals surface area contributed by atoms with E-state index in [2.05, 4.69) is 20.9 Å². The Morgan fingerprint density at radius 3 is 2.29 bits per heavy atom. The molecule has 2 aromatic carbocycles. The highest BCUT2D eigenvalue weighted by atomic mass is 16.5. The molecular formula is C23H25N5O3. The Balaban J connectivity index is 1.44. The number of methoxy groups -OCH3 is 1. The van der Waals surface area contributed by atoms with Crippen LogP contribution in [0, 0.1) is 0 Å². The predicted octanol–water partition coefficient (Wildman–Crippen LogP) is 2.84. The van der Waals surface area contributed by atoms with E-state index in [0.29, 0.717) is 17.8 Å². The first kappa shape index (κ1) is 21.8. The molecule has 0 spiro atoms. The Hall–Kier alpha value is -3.91. The highest BCUT2D eigenvalue weighted by molar-refractivity contribution is 6.04. The molecule has 0 radical (unpaired) electrons. The first-order valence-electron chi connectivity index (χ1n) is 9.76. The Bertz CT molecular complexity index is 992. The zero-order chi connectivity index (χ0) is 22.1. The van der Waals surface area contributed by atoms with E-state index in [1.54, 1.807) is 55.9 Å². The summed E-state index contributed by atoms with van der Waals surface area (Å²) in [5, 5.41) is 8.34. The number of pyridine rings is 1. The molecule has 0 aliphatic rings. The summed E-state index contributed by atoms with van der Waals surface area (Å²) in [6.45, 7) is 0.656. The van der Waals surface area contributed by atoms with Crippen LogP contribution >= 0.6 is 0 Å². The molecule has 0 aliphatic carbocycles. The van der Waals surface area contributed by atoms with E-state index >= 15 is 0 Å². The molecule has 3 rings (SSSR count). The zero-order valence-electron chi connectivity index (χ0n) is 17.2. The van der Waals surface area contributed by atoms with Crippen LogP contribution in [0.2, 0.25) is 0 Å². The van der Waals surface area contributed by atoms with Crippen LogP contribution in [0.15, 0.2) is 73.1 Å². The molecule has 0 bridgehead atoms. The highest BCUT2D eigenvalue weighted by Gasteiger charge is 2.11. The van der Waals surface area contributed by atoms with Gasteiger partial charge in [0.1, 0.15) is 5.75 Å². The second-order valence-electron chi connectivity index (χ2n) is 6.83. The summed E-state index contributed by atoms with van der Waals surface area (Å²) < 4.78 is 5.11. The summed E-state index contributed by atoms with van der Waals surface area (Å²) in [7, 11) is 1.61. The fourth-order valence-electron chi connectivity index (χ4n) is 2.83. The molecule has 5 N–H and O–H groups in total. The van der Waals surface area contributed by atoms with Crippen molar-refractivity contribution in [2.24, 2.45) is 5.73 Å². The van der Waals surface area contributed by atoms with E-state index in [-0.39, 0.29) is 18.5 Å². The van der Waals surface area contributed by atoms with Crippen LogP contribution < -0.4 is 26.4 Å². The number of urea groups is 1. The second-order valence-corrected chi connectivity index (χ2v) is 6.83. The normalized spacial score (nSPS) is 11.3. The molecule has 0 fully saturated rings. The molecule has 1 unspecified atom stereocenters. The van der Waals surface area contributed by atoms with Gasteiger partial charge in [0.05, 0.1) is 7.11 Å². The monoisotopic (exact) mass is 419 g/mol. The number of amides is 3. The maximum absolute atomic E-state index is 12.3. The maximum atomic E-state index is 12.3. The third-order valence-corrected chi connectivity index (χ3v) is 4.63. The SMILES string of the molecule is COc1ccc(CNC(=O)NCC(N)c2ccc(C(=O)Nc3ccncc3)cc2)cc1. The minimum Gasteiger partial charge on any atom is -0.497 e. The number of hydrogen-bond acceptors (Lipinski definition) is 5. The molecule has 1 aromatic heterocycles. The topological polar surface area (TPSA) is 118 Å². The van der Waals surface area contributed by atoms with E-state index in [4.69, 9.17) is 10.5 Å². The van der Waals surface area contributed by atoms with Crippen molar-refractivity contribution >= 4 is 17.6 Å². The molecular weight excluding hydrogens is 394 g/mol. The summed E-state index contributed by atoms with van der Waals surface area (Å²) in [4.78, 5) is 28.2. The minimum atomic E-state index is -0.399. The number of hydrogen-bond donors (Lipinski definition) is 4. The van der Waals surface area contributed by atoms with Crippen molar-refractivity contribution in [3.63, 3.8) is 0 Å². The van der Waals surface area contributed by atoms with Crippen LogP contribution in [0.4, 0.5) is 10.5 Å².